The third-order valence-corrected chi connectivity index (χ3v) is 4.48. The van der Waals surface area contributed by atoms with Gasteiger partial charge in [0.25, 0.3) is 0 Å². The first-order valence-electron chi connectivity index (χ1n) is 6.61. The van der Waals surface area contributed by atoms with Crippen LogP contribution in [0.15, 0.2) is 0 Å². The highest BCUT2D eigenvalue weighted by molar-refractivity contribution is 7.15. The predicted molar refractivity (Wildman–Crippen MR) is 72.6 cm³/mol. The largest absolute Gasteiger partial charge is 0.441 e. The number of nitrogens with zero attached hydrogens (tertiary/aromatic N) is 4. The molecule has 8 heteroatoms. The zero-order valence-corrected chi connectivity index (χ0v) is 12.2. The number of rotatable bonds is 3. The number of hydrogen-bond donors (Lipinski definition) is 0. The third-order valence-electron chi connectivity index (χ3n) is 3.40. The Hall–Kier alpha value is -1.70. The van der Waals surface area contributed by atoms with Gasteiger partial charge in [0.2, 0.25) is 5.13 Å². The molecule has 108 valence electrons. The van der Waals surface area contributed by atoms with E-state index in [9.17, 15) is 9.59 Å². The van der Waals surface area contributed by atoms with E-state index in [0.717, 1.165) is 17.8 Å². The minimum absolute atomic E-state index is 0.207. The highest BCUT2D eigenvalue weighted by Gasteiger charge is 2.38. The van der Waals surface area contributed by atoms with Gasteiger partial charge in [-0.25, -0.2) is 9.69 Å². The Morgan fingerprint density at radius 1 is 1.35 bits per heavy atom. The summed E-state index contributed by atoms with van der Waals surface area (Å²) in [7, 11) is 1.72. The van der Waals surface area contributed by atoms with Crippen LogP contribution < -0.4 is 4.90 Å². The Morgan fingerprint density at radius 2 is 2.10 bits per heavy atom. The van der Waals surface area contributed by atoms with Crippen molar-refractivity contribution in [2.24, 2.45) is 0 Å². The lowest BCUT2D eigenvalue weighted by Crippen LogP contribution is -2.54. The second kappa shape index (κ2) is 5.01. The highest BCUT2D eigenvalue weighted by Crippen LogP contribution is 2.43. The Balaban J connectivity index is 1.86. The van der Waals surface area contributed by atoms with Gasteiger partial charge < -0.3 is 9.64 Å². The van der Waals surface area contributed by atoms with Gasteiger partial charge in [-0.3, -0.25) is 4.79 Å². The quantitative estimate of drug-likeness (QED) is 0.791. The molecular weight excluding hydrogens is 280 g/mol. The van der Waals surface area contributed by atoms with E-state index in [2.05, 4.69) is 10.2 Å². The van der Waals surface area contributed by atoms with Crippen molar-refractivity contribution in [2.45, 2.75) is 38.3 Å². The van der Waals surface area contributed by atoms with Gasteiger partial charge in [-0.15, -0.1) is 10.2 Å². The fourth-order valence-corrected chi connectivity index (χ4v) is 3.21. The van der Waals surface area contributed by atoms with Gasteiger partial charge in [-0.05, 0) is 12.8 Å². The number of carbonyl (C=O) groups excluding carboxylic acids is 2. The molecule has 2 aliphatic rings. The lowest BCUT2D eigenvalue weighted by atomic mass is 10.3. The third kappa shape index (κ3) is 2.47. The SMILES string of the molecule is CC(=O)OC1CCN(C)C(=O)N1c1nnc(C2CC2)s1. The molecule has 3 rings (SSSR count). The molecule has 2 heterocycles. The van der Waals surface area contributed by atoms with Crippen LogP contribution in [-0.4, -0.2) is 46.9 Å². The average Bonchev–Trinajstić information content (AvgIpc) is 3.13. The van der Waals surface area contributed by atoms with E-state index in [0.29, 0.717) is 24.0 Å². The predicted octanol–water partition coefficient (Wildman–Crippen LogP) is 1.57. The molecule has 2 amide bonds. The number of anilines is 1. The standard InChI is InChI=1S/C12H16N4O3S/c1-7(17)19-9-5-6-15(2)12(18)16(9)11-14-13-10(20-11)8-3-4-8/h8-9H,3-6H2,1-2H3. The minimum atomic E-state index is -0.587. The van der Waals surface area contributed by atoms with Crippen molar-refractivity contribution in [1.82, 2.24) is 15.1 Å². The summed E-state index contributed by atoms with van der Waals surface area (Å²) < 4.78 is 5.24. The highest BCUT2D eigenvalue weighted by atomic mass is 32.1. The molecule has 1 saturated carbocycles. The van der Waals surface area contributed by atoms with Crippen LogP contribution in [0.2, 0.25) is 0 Å². The topological polar surface area (TPSA) is 75.6 Å². The number of ether oxygens (including phenoxy) is 1. The van der Waals surface area contributed by atoms with Crippen LogP contribution in [0.25, 0.3) is 0 Å². The van der Waals surface area contributed by atoms with Crippen LogP contribution in [0.5, 0.6) is 0 Å². The number of amides is 2. The van der Waals surface area contributed by atoms with Crippen LogP contribution in [0.3, 0.4) is 0 Å². The van der Waals surface area contributed by atoms with Crippen molar-refractivity contribution in [3.63, 3.8) is 0 Å². The maximum Gasteiger partial charge on any atom is 0.329 e. The van der Waals surface area contributed by atoms with Crippen molar-refractivity contribution < 1.29 is 14.3 Å². The summed E-state index contributed by atoms with van der Waals surface area (Å²) in [6, 6.07) is -0.207. The molecule has 1 aromatic rings. The van der Waals surface area contributed by atoms with Crippen molar-refractivity contribution in [3.05, 3.63) is 5.01 Å². The first-order chi connectivity index (χ1) is 9.56. The summed E-state index contributed by atoms with van der Waals surface area (Å²) in [5.74, 6) is 0.0929. The molecule has 1 aromatic heterocycles. The minimum Gasteiger partial charge on any atom is -0.441 e. The van der Waals surface area contributed by atoms with Crippen LogP contribution in [0.1, 0.15) is 37.1 Å². The van der Waals surface area contributed by atoms with Gasteiger partial charge >= 0.3 is 12.0 Å². The van der Waals surface area contributed by atoms with Gasteiger partial charge in [0, 0.05) is 32.9 Å². The average molecular weight is 296 g/mol. The Labute approximate surface area is 120 Å². The van der Waals surface area contributed by atoms with E-state index in [1.54, 1.807) is 11.9 Å². The van der Waals surface area contributed by atoms with Gasteiger partial charge in [-0.2, -0.15) is 0 Å². The van der Waals surface area contributed by atoms with E-state index in [4.69, 9.17) is 4.74 Å². The van der Waals surface area contributed by atoms with Crippen molar-refractivity contribution in [3.8, 4) is 0 Å². The summed E-state index contributed by atoms with van der Waals surface area (Å²) in [6.07, 6.45) is 2.25. The number of esters is 1. The molecule has 2 fully saturated rings. The fraction of sp³-hybridized carbons (Fsp3) is 0.667. The molecule has 0 radical (unpaired) electrons. The molecule has 7 nitrogen and oxygen atoms in total. The molecule has 0 bridgehead atoms. The van der Waals surface area contributed by atoms with Gasteiger partial charge in [0.05, 0.1) is 0 Å². The van der Waals surface area contributed by atoms with Crippen molar-refractivity contribution >= 4 is 28.5 Å². The second-order valence-corrected chi connectivity index (χ2v) is 6.11. The zero-order valence-electron chi connectivity index (χ0n) is 11.4. The van der Waals surface area contributed by atoms with E-state index in [1.165, 1.54) is 23.2 Å². The molecule has 1 atom stereocenters. The molecular formula is C12H16N4O3S. The molecule has 1 saturated heterocycles. The van der Waals surface area contributed by atoms with Crippen LogP contribution in [-0.2, 0) is 9.53 Å². The van der Waals surface area contributed by atoms with E-state index >= 15 is 0 Å². The molecule has 1 unspecified atom stereocenters. The molecule has 0 N–H and O–H groups in total. The van der Waals surface area contributed by atoms with Gasteiger partial charge in [-0.1, -0.05) is 11.3 Å². The number of urea groups is 1. The summed E-state index contributed by atoms with van der Waals surface area (Å²) >= 11 is 1.41. The number of hydrogen-bond acceptors (Lipinski definition) is 6. The molecule has 1 aliphatic heterocycles. The monoisotopic (exact) mass is 296 g/mol. The van der Waals surface area contributed by atoms with Crippen LogP contribution in [0.4, 0.5) is 9.93 Å². The first kappa shape index (κ1) is 13.3. The molecule has 0 spiro atoms. The van der Waals surface area contributed by atoms with Crippen molar-refractivity contribution in [1.29, 1.82) is 0 Å². The maximum absolute atomic E-state index is 12.3. The second-order valence-electron chi connectivity index (χ2n) is 5.12. The van der Waals surface area contributed by atoms with Gasteiger partial charge in [0.15, 0.2) is 6.23 Å². The number of carbonyl (C=O) groups is 2. The summed E-state index contributed by atoms with van der Waals surface area (Å²) in [5, 5.41) is 9.71. The lowest BCUT2D eigenvalue weighted by Gasteiger charge is -2.37. The van der Waals surface area contributed by atoms with Gasteiger partial charge in [0.1, 0.15) is 5.01 Å². The summed E-state index contributed by atoms with van der Waals surface area (Å²) in [6.45, 7) is 1.90. The van der Waals surface area contributed by atoms with E-state index in [1.807, 2.05) is 0 Å². The zero-order chi connectivity index (χ0) is 14.3. The molecule has 20 heavy (non-hydrogen) atoms. The smallest absolute Gasteiger partial charge is 0.329 e. The van der Waals surface area contributed by atoms with E-state index in [-0.39, 0.29) is 6.03 Å². The van der Waals surface area contributed by atoms with E-state index < -0.39 is 12.2 Å². The normalized spacial score (nSPS) is 23.1. The first-order valence-corrected chi connectivity index (χ1v) is 7.43. The Morgan fingerprint density at radius 3 is 2.75 bits per heavy atom. The van der Waals surface area contributed by atoms with Crippen LogP contribution in [0, 0.1) is 0 Å². The summed E-state index contributed by atoms with van der Waals surface area (Å²) in [5.41, 5.74) is 0. The van der Waals surface area contributed by atoms with Crippen LogP contribution >= 0.6 is 11.3 Å². The molecule has 1 aliphatic carbocycles. The maximum atomic E-state index is 12.3. The lowest BCUT2D eigenvalue weighted by molar-refractivity contribution is -0.146. The molecule has 0 aromatic carbocycles. The fourth-order valence-electron chi connectivity index (χ4n) is 2.16. The Kier molecular flexibility index (Phi) is 3.33. The Bertz CT molecular complexity index is 543. The summed E-state index contributed by atoms with van der Waals surface area (Å²) in [4.78, 5) is 26.5. The van der Waals surface area contributed by atoms with Crippen molar-refractivity contribution in [2.75, 3.05) is 18.5 Å². The number of aromatic nitrogens is 2.